The molecule has 0 aliphatic rings. The monoisotopic (exact) mass is 333 g/mol. The van der Waals surface area contributed by atoms with Gasteiger partial charge in [-0.25, -0.2) is 4.98 Å². The van der Waals surface area contributed by atoms with Gasteiger partial charge in [-0.1, -0.05) is 24.3 Å². The second-order valence-corrected chi connectivity index (χ2v) is 5.18. The minimum Gasteiger partial charge on any atom is -0.493 e. The Morgan fingerprint density at radius 1 is 1.16 bits per heavy atom. The molecule has 25 heavy (non-hydrogen) atoms. The van der Waals surface area contributed by atoms with E-state index in [1.165, 1.54) is 7.11 Å². The van der Waals surface area contributed by atoms with E-state index in [1.54, 1.807) is 55.7 Å². The van der Waals surface area contributed by atoms with Gasteiger partial charge in [-0.15, -0.1) is 0 Å². The molecule has 0 aliphatic carbocycles. The van der Waals surface area contributed by atoms with E-state index in [0.717, 1.165) is 0 Å². The van der Waals surface area contributed by atoms with Crippen LogP contribution >= 0.6 is 0 Å². The lowest BCUT2D eigenvalue weighted by molar-refractivity contribution is 0.354. The Kier molecular flexibility index (Phi) is 4.48. The van der Waals surface area contributed by atoms with Crippen LogP contribution in [0.15, 0.2) is 47.3 Å². The molecule has 0 fully saturated rings. The predicted octanol–water partition coefficient (Wildman–Crippen LogP) is 3.00. The Hall–Kier alpha value is -3.59. The lowest BCUT2D eigenvalue weighted by Gasteiger charge is -2.10. The van der Waals surface area contributed by atoms with Crippen LogP contribution in [0.3, 0.4) is 0 Å². The van der Waals surface area contributed by atoms with Crippen molar-refractivity contribution in [3.63, 3.8) is 0 Å². The van der Waals surface area contributed by atoms with Crippen LogP contribution in [0.4, 0.5) is 0 Å². The van der Waals surface area contributed by atoms with Crippen LogP contribution < -0.4 is 15.0 Å². The van der Waals surface area contributed by atoms with Crippen molar-refractivity contribution in [1.82, 2.24) is 9.97 Å². The number of methoxy groups -OCH3 is 2. The number of hydrogen-bond acceptors (Lipinski definition) is 5. The Morgan fingerprint density at radius 2 is 1.96 bits per heavy atom. The molecule has 124 valence electrons. The minimum atomic E-state index is -0.292. The third-order valence-electron chi connectivity index (χ3n) is 3.72. The van der Waals surface area contributed by atoms with Gasteiger partial charge in [-0.05, 0) is 24.3 Å². The zero-order valence-electron chi connectivity index (χ0n) is 13.7. The molecule has 1 N–H and O–H groups in total. The van der Waals surface area contributed by atoms with Gasteiger partial charge in [0.25, 0.3) is 5.56 Å². The maximum Gasteiger partial charge on any atom is 0.259 e. The molecule has 0 saturated carbocycles. The van der Waals surface area contributed by atoms with Crippen LogP contribution in [0.25, 0.3) is 22.6 Å². The summed E-state index contributed by atoms with van der Waals surface area (Å²) in [7, 11) is 3.07. The van der Waals surface area contributed by atoms with Gasteiger partial charge in [-0.2, -0.15) is 5.26 Å². The van der Waals surface area contributed by atoms with Crippen molar-refractivity contribution >= 4 is 22.6 Å². The molecule has 2 aromatic carbocycles. The van der Waals surface area contributed by atoms with E-state index in [4.69, 9.17) is 9.47 Å². The number of aromatic nitrogens is 2. The van der Waals surface area contributed by atoms with Crippen molar-refractivity contribution in [3.8, 4) is 17.6 Å². The summed E-state index contributed by atoms with van der Waals surface area (Å²) in [6.07, 6.45) is 1.61. The summed E-state index contributed by atoms with van der Waals surface area (Å²) < 4.78 is 10.6. The first kappa shape index (κ1) is 16.3. The average Bonchev–Trinajstić information content (AvgIpc) is 2.65. The average molecular weight is 333 g/mol. The molecule has 0 radical (unpaired) electrons. The number of aromatic amines is 1. The molecule has 0 aliphatic heterocycles. The molecule has 1 heterocycles. The smallest absolute Gasteiger partial charge is 0.259 e. The summed E-state index contributed by atoms with van der Waals surface area (Å²) in [5, 5.41) is 10.0. The largest absolute Gasteiger partial charge is 0.493 e. The van der Waals surface area contributed by atoms with Gasteiger partial charge in [0.2, 0.25) is 0 Å². The van der Waals surface area contributed by atoms with Crippen molar-refractivity contribution in [2.24, 2.45) is 0 Å². The van der Waals surface area contributed by atoms with Crippen molar-refractivity contribution in [2.45, 2.75) is 0 Å². The third-order valence-corrected chi connectivity index (χ3v) is 3.72. The highest BCUT2D eigenvalue weighted by Crippen LogP contribution is 2.32. The number of nitrogens with zero attached hydrogens (tertiary/aromatic N) is 2. The molecule has 0 unspecified atom stereocenters. The van der Waals surface area contributed by atoms with E-state index in [0.29, 0.717) is 28.0 Å². The van der Waals surface area contributed by atoms with Crippen LogP contribution in [0.5, 0.6) is 11.5 Å². The third kappa shape index (κ3) is 3.08. The van der Waals surface area contributed by atoms with Gasteiger partial charge in [0, 0.05) is 5.56 Å². The summed E-state index contributed by atoms with van der Waals surface area (Å²) in [6.45, 7) is 0. The van der Waals surface area contributed by atoms with Gasteiger partial charge in [0.1, 0.15) is 6.07 Å². The van der Waals surface area contributed by atoms with E-state index in [9.17, 15) is 10.1 Å². The van der Waals surface area contributed by atoms with E-state index in [2.05, 4.69) is 16.0 Å². The van der Waals surface area contributed by atoms with Crippen LogP contribution in [0.1, 0.15) is 11.4 Å². The Bertz CT molecular complexity index is 1060. The number of rotatable bonds is 4. The highest BCUT2D eigenvalue weighted by molar-refractivity contribution is 5.90. The number of fused-ring (bicyclic) bond motifs is 1. The van der Waals surface area contributed by atoms with E-state index in [-0.39, 0.29) is 17.0 Å². The molecule has 0 spiro atoms. The number of H-pyrrole nitrogens is 1. The number of nitriles is 1. The number of ether oxygens (including phenoxy) is 2. The first-order valence-corrected chi connectivity index (χ1v) is 7.50. The number of nitrogens with one attached hydrogen (secondary N) is 1. The molecule has 1 aromatic heterocycles. The van der Waals surface area contributed by atoms with Crippen LogP contribution in [0.2, 0.25) is 0 Å². The van der Waals surface area contributed by atoms with E-state index < -0.39 is 0 Å². The first-order valence-electron chi connectivity index (χ1n) is 7.50. The molecule has 6 heteroatoms. The lowest BCUT2D eigenvalue weighted by Crippen LogP contribution is -2.11. The molecule has 0 bridgehead atoms. The summed E-state index contributed by atoms with van der Waals surface area (Å²) in [4.78, 5) is 19.3. The fourth-order valence-electron chi connectivity index (χ4n) is 2.55. The normalized spacial score (nSPS) is 11.2. The van der Waals surface area contributed by atoms with Crippen molar-refractivity contribution in [2.75, 3.05) is 14.2 Å². The quantitative estimate of drug-likeness (QED) is 0.742. The van der Waals surface area contributed by atoms with E-state index in [1.807, 2.05) is 0 Å². The molecule has 3 aromatic rings. The highest BCUT2D eigenvalue weighted by Gasteiger charge is 2.12. The van der Waals surface area contributed by atoms with E-state index >= 15 is 0 Å². The second-order valence-electron chi connectivity index (χ2n) is 5.18. The number of benzene rings is 2. The topological polar surface area (TPSA) is 88.0 Å². The summed E-state index contributed by atoms with van der Waals surface area (Å²) in [6, 6.07) is 14.4. The SMILES string of the molecule is COc1cccc(/C=C(\C#N)c2nc3ccccc3c(=O)[nH]2)c1OC. The number of para-hydroxylation sites is 2. The Balaban J connectivity index is 2.18. The Morgan fingerprint density at radius 3 is 2.68 bits per heavy atom. The molecule has 6 nitrogen and oxygen atoms in total. The molecular formula is C19H15N3O3. The second kappa shape index (κ2) is 6.89. The fourth-order valence-corrected chi connectivity index (χ4v) is 2.55. The zero-order valence-corrected chi connectivity index (χ0v) is 13.7. The standard InChI is InChI=1S/C19H15N3O3/c1-24-16-9-5-6-12(17(16)25-2)10-13(11-20)18-21-15-8-4-3-7-14(15)19(23)22-18/h3-10H,1-2H3,(H,21,22,23)/b13-10+. The van der Waals surface area contributed by atoms with Gasteiger partial charge in [0.15, 0.2) is 17.3 Å². The Labute approximate surface area is 144 Å². The zero-order chi connectivity index (χ0) is 17.8. The molecule has 3 rings (SSSR count). The van der Waals surface area contributed by atoms with Crippen molar-refractivity contribution < 1.29 is 9.47 Å². The molecule has 0 amide bonds. The maximum absolute atomic E-state index is 12.2. The number of hydrogen-bond donors (Lipinski definition) is 1. The first-order chi connectivity index (χ1) is 12.2. The number of allylic oxidation sites excluding steroid dienone is 1. The summed E-state index contributed by atoms with van der Waals surface area (Å²) in [5.74, 6) is 1.26. The van der Waals surface area contributed by atoms with Crippen LogP contribution in [-0.2, 0) is 0 Å². The van der Waals surface area contributed by atoms with Crippen molar-refractivity contribution in [1.29, 1.82) is 5.26 Å². The van der Waals surface area contributed by atoms with Gasteiger partial charge in [0.05, 0.1) is 30.7 Å². The summed E-state index contributed by atoms with van der Waals surface area (Å²) in [5.41, 5.74) is 1.10. The highest BCUT2D eigenvalue weighted by atomic mass is 16.5. The van der Waals surface area contributed by atoms with Crippen LogP contribution in [0, 0.1) is 11.3 Å². The van der Waals surface area contributed by atoms with Gasteiger partial charge < -0.3 is 14.5 Å². The minimum absolute atomic E-state index is 0.205. The maximum atomic E-state index is 12.2. The fraction of sp³-hybridized carbons (Fsp3) is 0.105. The summed E-state index contributed by atoms with van der Waals surface area (Å²) >= 11 is 0. The van der Waals surface area contributed by atoms with Crippen LogP contribution in [-0.4, -0.2) is 24.2 Å². The predicted molar refractivity (Wildman–Crippen MR) is 95.4 cm³/mol. The molecule has 0 saturated heterocycles. The van der Waals surface area contributed by atoms with Gasteiger partial charge in [-0.3, -0.25) is 4.79 Å². The molecule has 0 atom stereocenters. The molecular weight excluding hydrogens is 318 g/mol. The van der Waals surface area contributed by atoms with Crippen molar-refractivity contribution in [3.05, 3.63) is 64.2 Å². The lowest BCUT2D eigenvalue weighted by atomic mass is 10.1. The van der Waals surface area contributed by atoms with Gasteiger partial charge >= 0.3 is 0 Å².